The lowest BCUT2D eigenvalue weighted by molar-refractivity contribution is -0.123. The van der Waals surface area contributed by atoms with E-state index in [4.69, 9.17) is 0 Å². The summed E-state index contributed by atoms with van der Waals surface area (Å²) >= 11 is 0. The summed E-state index contributed by atoms with van der Waals surface area (Å²) in [4.78, 5) is 12.4. The first kappa shape index (κ1) is 15.7. The van der Waals surface area contributed by atoms with Gasteiger partial charge in [0.05, 0.1) is 6.04 Å². The van der Waals surface area contributed by atoms with Crippen LogP contribution in [0, 0.1) is 11.7 Å². The lowest BCUT2D eigenvalue weighted by Gasteiger charge is -2.18. The van der Waals surface area contributed by atoms with Gasteiger partial charge in [0.2, 0.25) is 5.91 Å². The first-order valence-electron chi connectivity index (χ1n) is 7.90. The highest BCUT2D eigenvalue weighted by Crippen LogP contribution is 2.47. The van der Waals surface area contributed by atoms with E-state index in [0.717, 1.165) is 17.5 Å². The zero-order valence-electron chi connectivity index (χ0n) is 12.8. The Morgan fingerprint density at radius 2 is 1.87 bits per heavy atom. The molecule has 2 N–H and O–H groups in total. The van der Waals surface area contributed by atoms with E-state index in [-0.39, 0.29) is 36.2 Å². The molecule has 0 radical (unpaired) electrons. The fourth-order valence-corrected chi connectivity index (χ4v) is 2.98. The number of hydrogen-bond donors (Lipinski definition) is 2. The maximum Gasteiger partial charge on any atom is 0.224 e. The third-order valence-corrected chi connectivity index (χ3v) is 4.36. The third-order valence-electron chi connectivity index (χ3n) is 4.36. The Morgan fingerprint density at radius 3 is 2.52 bits per heavy atom. The van der Waals surface area contributed by atoms with Crippen LogP contribution in [0.1, 0.15) is 35.9 Å². The topological polar surface area (TPSA) is 49.3 Å². The van der Waals surface area contributed by atoms with Crippen molar-refractivity contribution in [3.63, 3.8) is 0 Å². The van der Waals surface area contributed by atoms with Gasteiger partial charge in [-0.25, -0.2) is 4.39 Å². The van der Waals surface area contributed by atoms with Crippen LogP contribution in [-0.2, 0) is 4.79 Å². The minimum atomic E-state index is -0.262. The van der Waals surface area contributed by atoms with Crippen LogP contribution in [-0.4, -0.2) is 17.6 Å². The van der Waals surface area contributed by atoms with E-state index in [2.05, 4.69) is 5.32 Å². The van der Waals surface area contributed by atoms with Crippen molar-refractivity contribution in [3.05, 3.63) is 71.5 Å². The lowest BCUT2D eigenvalue weighted by Crippen LogP contribution is -2.30. The number of amides is 1. The Hall–Kier alpha value is -2.20. The van der Waals surface area contributed by atoms with Crippen LogP contribution < -0.4 is 5.32 Å². The molecule has 3 rings (SSSR count). The number of carbonyl (C=O) groups excluding carboxylic acids is 1. The Morgan fingerprint density at radius 1 is 1.17 bits per heavy atom. The summed E-state index contributed by atoms with van der Waals surface area (Å²) in [6.45, 7) is 0.0197. The van der Waals surface area contributed by atoms with Crippen LogP contribution in [0.25, 0.3) is 0 Å². The van der Waals surface area contributed by atoms with E-state index in [1.165, 1.54) is 12.1 Å². The summed E-state index contributed by atoms with van der Waals surface area (Å²) in [5.74, 6) is -0.157. The standard InChI is InChI=1S/C19H20FNO2/c20-15-8-6-13(7-9-15)16-12-17(16)19(23)21-18(10-11-22)14-4-2-1-3-5-14/h1-9,16-18,22H,10-12H2,(H,21,23). The Labute approximate surface area is 135 Å². The summed E-state index contributed by atoms with van der Waals surface area (Å²) in [7, 11) is 0. The van der Waals surface area contributed by atoms with Crippen molar-refractivity contribution in [1.29, 1.82) is 0 Å². The molecule has 1 fully saturated rings. The molecule has 1 aliphatic rings. The van der Waals surface area contributed by atoms with E-state index in [9.17, 15) is 14.3 Å². The summed E-state index contributed by atoms with van der Waals surface area (Å²) in [5.41, 5.74) is 2.00. The van der Waals surface area contributed by atoms with Crippen molar-refractivity contribution in [2.45, 2.75) is 24.8 Å². The zero-order chi connectivity index (χ0) is 16.2. The highest BCUT2D eigenvalue weighted by molar-refractivity contribution is 5.83. The fourth-order valence-electron chi connectivity index (χ4n) is 2.98. The monoisotopic (exact) mass is 313 g/mol. The second-order valence-corrected chi connectivity index (χ2v) is 5.98. The maximum absolute atomic E-state index is 13.0. The molecule has 0 aromatic heterocycles. The van der Waals surface area contributed by atoms with Crippen LogP contribution in [0.15, 0.2) is 54.6 Å². The Kier molecular flexibility index (Phi) is 4.72. The lowest BCUT2D eigenvalue weighted by atomic mass is 10.0. The number of aliphatic hydroxyl groups is 1. The van der Waals surface area contributed by atoms with Gasteiger partial charge in [0, 0.05) is 12.5 Å². The van der Waals surface area contributed by atoms with Crippen LogP contribution >= 0.6 is 0 Å². The molecule has 120 valence electrons. The van der Waals surface area contributed by atoms with Gasteiger partial charge < -0.3 is 10.4 Å². The van der Waals surface area contributed by atoms with Crippen LogP contribution in [0.2, 0.25) is 0 Å². The molecule has 3 nitrogen and oxygen atoms in total. The average Bonchev–Trinajstić information content (AvgIpc) is 3.37. The number of benzene rings is 2. The molecule has 0 bridgehead atoms. The van der Waals surface area contributed by atoms with Crippen molar-refractivity contribution in [1.82, 2.24) is 5.32 Å². The minimum Gasteiger partial charge on any atom is -0.396 e. The number of rotatable bonds is 6. The van der Waals surface area contributed by atoms with Gasteiger partial charge in [-0.3, -0.25) is 4.79 Å². The first-order valence-corrected chi connectivity index (χ1v) is 7.90. The molecule has 4 heteroatoms. The van der Waals surface area contributed by atoms with Gasteiger partial charge >= 0.3 is 0 Å². The van der Waals surface area contributed by atoms with E-state index in [0.29, 0.717) is 6.42 Å². The summed E-state index contributed by atoms with van der Waals surface area (Å²) < 4.78 is 13.0. The van der Waals surface area contributed by atoms with Crippen molar-refractivity contribution < 1.29 is 14.3 Å². The molecule has 3 unspecified atom stereocenters. The van der Waals surface area contributed by atoms with Crippen LogP contribution in [0.3, 0.4) is 0 Å². The average molecular weight is 313 g/mol. The number of aliphatic hydroxyl groups excluding tert-OH is 1. The molecule has 0 aliphatic heterocycles. The number of nitrogens with one attached hydrogen (secondary N) is 1. The molecular weight excluding hydrogens is 293 g/mol. The largest absolute Gasteiger partial charge is 0.396 e. The van der Waals surface area contributed by atoms with Gasteiger partial charge in [-0.2, -0.15) is 0 Å². The highest BCUT2D eigenvalue weighted by Gasteiger charge is 2.44. The molecular formula is C19H20FNO2. The van der Waals surface area contributed by atoms with Gasteiger partial charge in [0.15, 0.2) is 0 Å². The summed E-state index contributed by atoms with van der Waals surface area (Å²) in [6.07, 6.45) is 1.28. The fraction of sp³-hybridized carbons (Fsp3) is 0.316. The number of halogens is 1. The van der Waals surface area contributed by atoms with Crippen molar-refractivity contribution in [3.8, 4) is 0 Å². The molecule has 3 atom stereocenters. The van der Waals surface area contributed by atoms with Crippen molar-refractivity contribution in [2.24, 2.45) is 5.92 Å². The van der Waals surface area contributed by atoms with Crippen LogP contribution in [0.4, 0.5) is 4.39 Å². The summed E-state index contributed by atoms with van der Waals surface area (Å²) in [5, 5.41) is 12.3. The van der Waals surface area contributed by atoms with E-state index < -0.39 is 0 Å². The van der Waals surface area contributed by atoms with Gasteiger partial charge in [-0.05, 0) is 42.0 Å². The molecule has 1 aliphatic carbocycles. The van der Waals surface area contributed by atoms with Crippen LogP contribution in [0.5, 0.6) is 0 Å². The maximum atomic E-state index is 13.0. The second-order valence-electron chi connectivity index (χ2n) is 5.98. The zero-order valence-corrected chi connectivity index (χ0v) is 12.8. The smallest absolute Gasteiger partial charge is 0.224 e. The normalized spacial score (nSPS) is 20.8. The molecule has 1 saturated carbocycles. The van der Waals surface area contributed by atoms with E-state index in [1.807, 2.05) is 30.3 Å². The second kappa shape index (κ2) is 6.92. The van der Waals surface area contributed by atoms with E-state index in [1.54, 1.807) is 12.1 Å². The predicted molar refractivity (Wildman–Crippen MR) is 86.3 cm³/mol. The van der Waals surface area contributed by atoms with Gasteiger partial charge in [-0.1, -0.05) is 42.5 Å². The SMILES string of the molecule is O=C(NC(CCO)c1ccccc1)C1CC1c1ccc(F)cc1. The quantitative estimate of drug-likeness (QED) is 0.860. The van der Waals surface area contributed by atoms with Crippen molar-refractivity contribution in [2.75, 3.05) is 6.61 Å². The summed E-state index contributed by atoms with van der Waals surface area (Å²) in [6, 6.07) is 15.8. The molecule has 0 spiro atoms. The minimum absolute atomic E-state index is 0.00151. The first-order chi connectivity index (χ1) is 11.2. The molecule has 0 heterocycles. The van der Waals surface area contributed by atoms with Crippen molar-refractivity contribution >= 4 is 5.91 Å². The predicted octanol–water partition coefficient (Wildman–Crippen LogP) is 3.17. The molecule has 0 saturated heterocycles. The molecule has 1 amide bonds. The Bertz CT molecular complexity index is 657. The third kappa shape index (κ3) is 3.77. The number of carbonyl (C=O) groups is 1. The van der Waals surface area contributed by atoms with E-state index >= 15 is 0 Å². The van der Waals surface area contributed by atoms with Gasteiger partial charge in [-0.15, -0.1) is 0 Å². The molecule has 23 heavy (non-hydrogen) atoms. The number of hydrogen-bond acceptors (Lipinski definition) is 2. The molecule has 2 aromatic carbocycles. The Balaban J connectivity index is 1.63. The highest BCUT2D eigenvalue weighted by atomic mass is 19.1. The molecule has 2 aromatic rings. The van der Waals surface area contributed by atoms with Gasteiger partial charge in [0.1, 0.15) is 5.82 Å². The van der Waals surface area contributed by atoms with Gasteiger partial charge in [0.25, 0.3) is 0 Å².